The Kier molecular flexibility index (Phi) is 3.38. The predicted octanol–water partition coefficient (Wildman–Crippen LogP) is 3.90. The molecule has 1 amide bonds. The van der Waals surface area contributed by atoms with E-state index in [2.05, 4.69) is 60.7 Å². The van der Waals surface area contributed by atoms with Gasteiger partial charge in [0.05, 0.1) is 18.2 Å². The van der Waals surface area contributed by atoms with Crippen LogP contribution in [0.3, 0.4) is 0 Å². The van der Waals surface area contributed by atoms with Gasteiger partial charge < -0.3 is 9.64 Å². The van der Waals surface area contributed by atoms with Gasteiger partial charge in [-0.15, -0.1) is 0 Å². The fourth-order valence-electron chi connectivity index (χ4n) is 5.32. The summed E-state index contributed by atoms with van der Waals surface area (Å²) in [6.07, 6.45) is 6.52. The number of hydrogen-bond donors (Lipinski definition) is 0. The highest BCUT2D eigenvalue weighted by atomic mass is 16.5. The minimum Gasteiger partial charge on any atom is -0.361 e. The molecule has 3 heteroatoms. The summed E-state index contributed by atoms with van der Waals surface area (Å²) in [4.78, 5) is 14.9. The summed E-state index contributed by atoms with van der Waals surface area (Å²) in [7, 11) is 0. The topological polar surface area (TPSA) is 29.5 Å². The van der Waals surface area contributed by atoms with Crippen LogP contribution in [-0.2, 0) is 15.1 Å². The van der Waals surface area contributed by atoms with Crippen LogP contribution in [0.5, 0.6) is 0 Å². The van der Waals surface area contributed by atoms with Crippen LogP contribution in [0.25, 0.3) is 0 Å². The molecule has 3 heterocycles. The number of fused-ring (bicyclic) bond motifs is 1. The minimum absolute atomic E-state index is 0.0953. The van der Waals surface area contributed by atoms with Crippen LogP contribution in [0.2, 0.25) is 0 Å². The maximum Gasteiger partial charge on any atom is 0.220 e. The average molecular weight is 345 g/mol. The van der Waals surface area contributed by atoms with Gasteiger partial charge >= 0.3 is 0 Å². The zero-order valence-electron chi connectivity index (χ0n) is 15.0. The third-order valence-electron chi connectivity index (χ3n) is 6.46. The molecule has 3 nitrogen and oxygen atoms in total. The zero-order chi connectivity index (χ0) is 17.8. The molecule has 2 aromatic rings. The first-order valence-electron chi connectivity index (χ1n) is 9.40. The quantitative estimate of drug-likeness (QED) is 0.773. The van der Waals surface area contributed by atoms with Gasteiger partial charge in [0.25, 0.3) is 0 Å². The average Bonchev–Trinajstić information content (AvgIpc) is 3.25. The van der Waals surface area contributed by atoms with Crippen molar-refractivity contribution in [3.05, 3.63) is 83.9 Å². The maximum atomic E-state index is 12.9. The lowest BCUT2D eigenvalue weighted by Crippen LogP contribution is -2.62. The van der Waals surface area contributed by atoms with E-state index in [1.165, 1.54) is 11.1 Å². The van der Waals surface area contributed by atoms with Crippen molar-refractivity contribution >= 4 is 5.91 Å². The highest BCUT2D eigenvalue weighted by Gasteiger charge is 2.60. The number of nitrogens with zero attached hydrogens (tertiary/aromatic N) is 1. The van der Waals surface area contributed by atoms with Gasteiger partial charge in [-0.2, -0.15) is 0 Å². The Hall–Kier alpha value is -2.39. The van der Waals surface area contributed by atoms with Crippen LogP contribution in [0.4, 0.5) is 0 Å². The first-order valence-corrected chi connectivity index (χ1v) is 9.40. The van der Waals surface area contributed by atoms with Crippen LogP contribution in [0.1, 0.15) is 30.9 Å². The van der Waals surface area contributed by atoms with Crippen LogP contribution in [0, 0.1) is 5.92 Å². The maximum absolute atomic E-state index is 12.9. The molecule has 2 saturated heterocycles. The molecule has 0 aliphatic carbocycles. The molecule has 0 radical (unpaired) electrons. The predicted molar refractivity (Wildman–Crippen MR) is 101 cm³/mol. The molecule has 0 saturated carbocycles. The molecule has 3 aliphatic heterocycles. The normalized spacial score (nSPS) is 31.0. The van der Waals surface area contributed by atoms with E-state index < -0.39 is 5.54 Å². The van der Waals surface area contributed by atoms with E-state index >= 15 is 0 Å². The first kappa shape index (κ1) is 15.8. The smallest absolute Gasteiger partial charge is 0.220 e. The number of benzene rings is 2. The molecule has 2 fully saturated rings. The van der Waals surface area contributed by atoms with E-state index in [0.717, 1.165) is 12.8 Å². The third-order valence-corrected chi connectivity index (χ3v) is 6.46. The van der Waals surface area contributed by atoms with Crippen LogP contribution >= 0.6 is 0 Å². The van der Waals surface area contributed by atoms with Gasteiger partial charge in [-0.1, -0.05) is 72.8 Å². The molecule has 3 aliphatic rings. The summed E-state index contributed by atoms with van der Waals surface area (Å²) in [5.41, 5.74) is 1.63. The van der Waals surface area contributed by atoms with E-state index in [1.54, 1.807) is 6.92 Å². The zero-order valence-corrected chi connectivity index (χ0v) is 15.0. The summed E-state index contributed by atoms with van der Waals surface area (Å²) in [5.74, 6) is 0.520. The lowest BCUT2D eigenvalue weighted by atomic mass is 9.65. The number of rotatable bonds is 2. The van der Waals surface area contributed by atoms with Crippen molar-refractivity contribution in [3.63, 3.8) is 0 Å². The molecular formula is C23H23NO2. The van der Waals surface area contributed by atoms with Gasteiger partial charge in [0, 0.05) is 6.92 Å². The number of likely N-dealkylation sites (tertiary alicyclic amines) is 1. The second-order valence-electron chi connectivity index (χ2n) is 7.80. The van der Waals surface area contributed by atoms with Crippen molar-refractivity contribution in [2.24, 2.45) is 5.92 Å². The molecule has 1 spiro atoms. The standard InChI is InChI=1S/C23H23NO2/c1-17(25)24-16-22-13-12-21(26-22)14-20(22)15-23(24,18-8-4-2-5-9-18)19-10-6-3-7-11-19/h2-13,20-21H,14-16H2,1H3/t20-,21-,22-/m1/s1. The monoisotopic (exact) mass is 345 g/mol. The molecule has 0 aromatic heterocycles. The molecule has 0 unspecified atom stereocenters. The fraction of sp³-hybridized carbons (Fsp3) is 0.348. The molecular weight excluding hydrogens is 322 g/mol. The molecule has 5 rings (SSSR count). The summed E-state index contributed by atoms with van der Waals surface area (Å²) in [6.45, 7) is 2.30. The number of carbonyl (C=O) groups is 1. The van der Waals surface area contributed by atoms with E-state index in [9.17, 15) is 4.79 Å². The lowest BCUT2D eigenvalue weighted by Gasteiger charge is -2.54. The summed E-state index contributed by atoms with van der Waals surface area (Å²) < 4.78 is 6.30. The van der Waals surface area contributed by atoms with Crippen LogP contribution in [0.15, 0.2) is 72.8 Å². The Labute approximate surface area is 154 Å². The SMILES string of the molecule is CC(=O)N1C[C@]23C=C[C@H](C[C@@H]2CC1(c1ccccc1)c1ccccc1)O3. The molecule has 3 atom stereocenters. The Morgan fingerprint density at radius 1 is 1.04 bits per heavy atom. The minimum atomic E-state index is -0.439. The molecule has 0 N–H and O–H groups in total. The number of ether oxygens (including phenoxy) is 1. The summed E-state index contributed by atoms with van der Waals surface area (Å²) >= 11 is 0. The van der Waals surface area contributed by atoms with Crippen molar-refractivity contribution in [3.8, 4) is 0 Å². The number of carbonyl (C=O) groups excluding carboxylic acids is 1. The molecule has 132 valence electrons. The Balaban J connectivity index is 1.72. The highest BCUT2D eigenvalue weighted by Crippen LogP contribution is 2.56. The van der Waals surface area contributed by atoms with Crippen molar-refractivity contribution < 1.29 is 9.53 Å². The van der Waals surface area contributed by atoms with Gasteiger partial charge in [-0.3, -0.25) is 4.79 Å². The van der Waals surface area contributed by atoms with Crippen molar-refractivity contribution in [1.29, 1.82) is 0 Å². The second kappa shape index (κ2) is 5.55. The number of piperidine rings is 1. The Bertz CT molecular complexity index is 821. The number of amides is 1. The summed E-state index contributed by atoms with van der Waals surface area (Å²) in [6, 6.07) is 21.0. The van der Waals surface area contributed by atoms with E-state index in [4.69, 9.17) is 4.74 Å². The van der Waals surface area contributed by atoms with Crippen molar-refractivity contribution in [2.45, 2.75) is 37.0 Å². The Morgan fingerprint density at radius 3 is 2.19 bits per heavy atom. The lowest BCUT2D eigenvalue weighted by molar-refractivity contribution is -0.147. The second-order valence-corrected chi connectivity index (χ2v) is 7.80. The molecule has 26 heavy (non-hydrogen) atoms. The van der Waals surface area contributed by atoms with E-state index in [-0.39, 0.29) is 17.6 Å². The van der Waals surface area contributed by atoms with Crippen LogP contribution in [-0.4, -0.2) is 29.1 Å². The largest absolute Gasteiger partial charge is 0.361 e. The van der Waals surface area contributed by atoms with Gasteiger partial charge in [-0.05, 0) is 29.9 Å². The molecule has 2 aromatic carbocycles. The highest BCUT2D eigenvalue weighted by molar-refractivity contribution is 5.76. The van der Waals surface area contributed by atoms with E-state index in [1.807, 2.05) is 17.0 Å². The van der Waals surface area contributed by atoms with Gasteiger partial charge in [0.1, 0.15) is 5.60 Å². The van der Waals surface area contributed by atoms with E-state index in [0.29, 0.717) is 12.5 Å². The van der Waals surface area contributed by atoms with Gasteiger partial charge in [0.2, 0.25) is 5.91 Å². The Morgan fingerprint density at radius 2 is 1.65 bits per heavy atom. The van der Waals surface area contributed by atoms with Crippen molar-refractivity contribution in [1.82, 2.24) is 4.90 Å². The summed E-state index contributed by atoms with van der Waals surface area (Å²) in [5, 5.41) is 0. The fourth-order valence-corrected chi connectivity index (χ4v) is 5.32. The molecule has 2 bridgehead atoms. The third kappa shape index (κ3) is 2.07. The first-order chi connectivity index (χ1) is 12.6. The van der Waals surface area contributed by atoms with Crippen LogP contribution < -0.4 is 0 Å². The van der Waals surface area contributed by atoms with Crippen molar-refractivity contribution in [2.75, 3.05) is 6.54 Å². The number of hydrogen-bond acceptors (Lipinski definition) is 2. The van der Waals surface area contributed by atoms with Gasteiger partial charge in [0.15, 0.2) is 0 Å². The van der Waals surface area contributed by atoms with Gasteiger partial charge in [-0.25, -0.2) is 0 Å².